The van der Waals surface area contributed by atoms with Crippen LogP contribution in [0.4, 0.5) is 13.6 Å². The van der Waals surface area contributed by atoms with Crippen LogP contribution in [0.5, 0.6) is 0 Å². The molecule has 5 aliphatic heterocycles. The number of hydrogen-bond donors (Lipinski definition) is 7. The molecule has 6 atom stereocenters. The summed E-state index contributed by atoms with van der Waals surface area (Å²) in [7, 11) is -4.11. The van der Waals surface area contributed by atoms with Crippen molar-refractivity contribution in [3.63, 3.8) is 0 Å². The third-order valence-electron chi connectivity index (χ3n) is 15.2. The number of benzene rings is 2. The number of nitrogens with two attached hydrogens (primary N) is 1. The standard InChI is InChI=1S/C53H58F2N9O13PS2/c1-61-20-19-33-12-13-39(64(33)50(71)36(27-61)57-48(69)42-25-31-24-32(11-15-40(31)80-42)53(54,55)78(74,75)76)47(68)58-37(28-77-52(56)73)45(66)60-44(41-10-5-23-79-41)51(72)62-21-17-29(18-22-62)6-2-3-7-30-8-4-9-34-35(30)26-63(49(34)70)38-14-16-43(65)59-46(38)67/h4-5,8-11,15,23-25,29,33,36-39,44H,2,6,12-14,16-22,26-28H2,1H3,(H2,56,73)(H,57,69)(H,58,68)(H,60,66)(H,59,65,67)(H2,74,75,76)/t33-,36+,37+,38?,39+,44+/m1/s1. The fraction of sp³-hybridized carbons (Fsp3) is 0.453. The number of nitrogens with zero attached hydrogens (tertiary/aromatic N) is 4. The van der Waals surface area contributed by atoms with Gasteiger partial charge in [0.05, 0.1) is 4.88 Å². The van der Waals surface area contributed by atoms with Crippen molar-refractivity contribution in [3.05, 3.63) is 92.0 Å². The lowest BCUT2D eigenvalue weighted by atomic mass is 9.91. The second-order valence-electron chi connectivity index (χ2n) is 20.5. The lowest BCUT2D eigenvalue weighted by Crippen LogP contribution is -2.61. The van der Waals surface area contributed by atoms with Gasteiger partial charge in [-0.05, 0) is 117 Å². The second kappa shape index (κ2) is 23.9. The van der Waals surface area contributed by atoms with Crippen molar-refractivity contribution in [2.75, 3.05) is 39.8 Å². The Labute approximate surface area is 465 Å². The van der Waals surface area contributed by atoms with Crippen molar-refractivity contribution in [1.29, 1.82) is 0 Å². The number of carbonyl (C=O) groups excluding carboxylic acids is 9. The number of nitrogens with one attached hydrogen (secondary N) is 4. The first-order valence-corrected chi connectivity index (χ1v) is 29.3. The summed E-state index contributed by atoms with van der Waals surface area (Å²) in [5, 5.41) is 12.3. The van der Waals surface area contributed by atoms with Gasteiger partial charge in [0.2, 0.25) is 29.5 Å². The van der Waals surface area contributed by atoms with E-state index in [0.29, 0.717) is 72.4 Å². The monoisotopic (exact) mass is 1160 g/mol. The Morgan fingerprint density at radius 3 is 2.45 bits per heavy atom. The molecule has 0 bridgehead atoms. The molecule has 4 aromatic rings. The molecule has 2 aromatic heterocycles. The number of primary amides is 1. The van der Waals surface area contributed by atoms with E-state index in [2.05, 4.69) is 33.1 Å². The number of likely N-dealkylation sites (tertiary alicyclic amines) is 1. The maximum absolute atomic E-state index is 14.5. The maximum atomic E-state index is 14.5. The highest BCUT2D eigenvalue weighted by molar-refractivity contribution is 7.52. The lowest BCUT2D eigenvalue weighted by Gasteiger charge is -2.38. The van der Waals surface area contributed by atoms with E-state index >= 15 is 0 Å². The SMILES string of the molecule is CN1CC[C@H]2CC[C@@H](C(=O)N[C@@H](COC(N)=O)C(=O)N[C@H](C(=O)N3CCC(CCC#Cc4cccc5c4CN(C4CCC(=O)NC4=O)C5=O)CC3)c3cccs3)N2C(=O)[C@@H](NC(=O)c2cc3cc(C(F)(F)P(=O)(O)O)ccc3s2)C1. The molecule has 0 radical (unpaired) electrons. The molecule has 9 amide bonds. The van der Waals surface area contributed by atoms with Gasteiger partial charge < -0.3 is 55.8 Å². The molecule has 0 spiro atoms. The van der Waals surface area contributed by atoms with Gasteiger partial charge in [-0.15, -0.1) is 22.7 Å². The van der Waals surface area contributed by atoms with Crippen LogP contribution in [0, 0.1) is 17.8 Å². The molecule has 22 nitrogen and oxygen atoms in total. The normalized spacial score (nSPS) is 21.8. The Morgan fingerprint density at radius 2 is 1.74 bits per heavy atom. The Balaban J connectivity index is 0.821. The van der Waals surface area contributed by atoms with Crippen molar-refractivity contribution in [3.8, 4) is 11.8 Å². The first-order chi connectivity index (χ1) is 38.1. The molecule has 1 unspecified atom stereocenters. The van der Waals surface area contributed by atoms with E-state index in [9.17, 15) is 66.3 Å². The van der Waals surface area contributed by atoms with Crippen molar-refractivity contribution in [1.82, 2.24) is 40.9 Å². The number of thiophene rings is 2. The summed E-state index contributed by atoms with van der Waals surface area (Å²) in [6.07, 6.45) is 2.76. The Hall–Kier alpha value is -7.14. The highest BCUT2D eigenvalue weighted by Gasteiger charge is 2.51. The smallest absolute Gasteiger partial charge is 0.404 e. The van der Waals surface area contributed by atoms with Gasteiger partial charge in [-0.3, -0.25) is 48.2 Å². The number of piperidine rings is 2. The molecule has 2 aromatic carbocycles. The molecule has 7 heterocycles. The summed E-state index contributed by atoms with van der Waals surface area (Å²) in [5.41, 5.74) is 1.79. The number of amides is 9. The zero-order valence-electron chi connectivity index (χ0n) is 43.2. The van der Waals surface area contributed by atoms with Gasteiger partial charge in [0.1, 0.15) is 36.8 Å². The molecular weight excluding hydrogens is 1100 g/mol. The van der Waals surface area contributed by atoms with E-state index in [-0.39, 0.29) is 60.3 Å². The van der Waals surface area contributed by atoms with E-state index in [1.807, 2.05) is 11.0 Å². The summed E-state index contributed by atoms with van der Waals surface area (Å²) in [5.74, 6) is 2.14. The molecule has 5 aliphatic rings. The second-order valence-corrected chi connectivity index (χ2v) is 24.2. The minimum atomic E-state index is -5.87. The van der Waals surface area contributed by atoms with E-state index in [1.165, 1.54) is 33.3 Å². The number of rotatable bonds is 15. The average molecular weight is 1160 g/mol. The third kappa shape index (κ3) is 12.4. The Morgan fingerprint density at radius 1 is 0.963 bits per heavy atom. The largest absolute Gasteiger partial charge is 0.447 e. The molecule has 0 saturated carbocycles. The van der Waals surface area contributed by atoms with Gasteiger partial charge in [0, 0.05) is 71.3 Å². The summed E-state index contributed by atoms with van der Waals surface area (Å²) < 4.78 is 46.0. The molecule has 8 N–H and O–H groups in total. The molecule has 27 heteroatoms. The summed E-state index contributed by atoms with van der Waals surface area (Å²) in [4.78, 5) is 146. The van der Waals surface area contributed by atoms with Gasteiger partial charge in [-0.25, -0.2) is 4.79 Å². The van der Waals surface area contributed by atoms with Crippen LogP contribution in [0.3, 0.4) is 0 Å². The number of imide groups is 1. The number of fused-ring (bicyclic) bond motifs is 3. The molecule has 4 fully saturated rings. The number of ether oxygens (including phenoxy) is 1. The third-order valence-corrected chi connectivity index (χ3v) is 18.3. The average Bonchev–Trinajstić information content (AvgIpc) is 4.30. The molecule has 9 rings (SSSR count). The number of likely N-dealkylation sites (N-methyl/N-ethyl adjacent to an activating group) is 1. The fourth-order valence-corrected chi connectivity index (χ4v) is 13.2. The van der Waals surface area contributed by atoms with Crippen molar-refractivity contribution in [2.45, 2.75) is 106 Å². The lowest BCUT2D eigenvalue weighted by molar-refractivity contribution is -0.144. The fourth-order valence-electron chi connectivity index (χ4n) is 11.0. The zero-order chi connectivity index (χ0) is 57.2. The molecule has 424 valence electrons. The van der Waals surface area contributed by atoms with E-state index in [1.54, 1.807) is 41.6 Å². The van der Waals surface area contributed by atoms with E-state index in [0.717, 1.165) is 35.5 Å². The molecule has 0 aliphatic carbocycles. The van der Waals surface area contributed by atoms with Crippen LogP contribution in [0.15, 0.2) is 60.0 Å². The van der Waals surface area contributed by atoms with Crippen LogP contribution < -0.4 is 27.0 Å². The van der Waals surface area contributed by atoms with Gasteiger partial charge in [-0.1, -0.05) is 30.0 Å². The number of carbonyl (C=O) groups is 9. The predicted molar refractivity (Wildman–Crippen MR) is 285 cm³/mol. The number of alkyl halides is 2. The van der Waals surface area contributed by atoms with Crippen molar-refractivity contribution < 1.29 is 71.0 Å². The highest BCUT2D eigenvalue weighted by atomic mass is 32.1. The summed E-state index contributed by atoms with van der Waals surface area (Å²) >= 11 is 2.14. The van der Waals surface area contributed by atoms with Crippen LogP contribution in [-0.4, -0.2) is 153 Å². The van der Waals surface area contributed by atoms with Crippen LogP contribution in [-0.2, 0) is 50.3 Å². The Kier molecular flexibility index (Phi) is 17.2. The predicted octanol–water partition coefficient (Wildman–Crippen LogP) is 3.25. The van der Waals surface area contributed by atoms with E-state index in [4.69, 9.17) is 10.5 Å². The molecule has 4 saturated heterocycles. The first kappa shape index (κ1) is 57.5. The summed E-state index contributed by atoms with van der Waals surface area (Å²) in [6, 6.07) is 6.58. The van der Waals surface area contributed by atoms with E-state index < -0.39 is 103 Å². The highest BCUT2D eigenvalue weighted by Crippen LogP contribution is 2.59. The van der Waals surface area contributed by atoms with Crippen molar-refractivity contribution >= 4 is 93.7 Å². The van der Waals surface area contributed by atoms with Gasteiger partial charge in [0.25, 0.3) is 17.7 Å². The first-order valence-electron chi connectivity index (χ1n) is 26.0. The minimum absolute atomic E-state index is 0.0177. The number of halogens is 2. The molecule has 80 heavy (non-hydrogen) atoms. The Bertz CT molecular complexity index is 3250. The van der Waals surface area contributed by atoms with Crippen LogP contribution in [0.1, 0.15) is 105 Å². The zero-order valence-corrected chi connectivity index (χ0v) is 45.7. The van der Waals surface area contributed by atoms with Crippen LogP contribution in [0.25, 0.3) is 10.1 Å². The quantitative estimate of drug-likeness (QED) is 0.0511. The maximum Gasteiger partial charge on any atom is 0.404 e. The molecular formula is C53H58F2N9O13PS2. The van der Waals surface area contributed by atoms with Crippen LogP contribution >= 0.6 is 30.3 Å². The topological polar surface area (TPSA) is 307 Å². The van der Waals surface area contributed by atoms with Gasteiger partial charge >= 0.3 is 19.4 Å². The minimum Gasteiger partial charge on any atom is -0.447 e. The summed E-state index contributed by atoms with van der Waals surface area (Å²) in [6.45, 7) is 0.729. The van der Waals surface area contributed by atoms with Gasteiger partial charge in [0.15, 0.2) is 0 Å². The number of hydrogen-bond acceptors (Lipinski definition) is 14. The van der Waals surface area contributed by atoms with Gasteiger partial charge in [-0.2, -0.15) is 8.78 Å². The van der Waals surface area contributed by atoms with Crippen molar-refractivity contribution in [2.24, 2.45) is 11.7 Å². The van der Waals surface area contributed by atoms with Crippen LogP contribution in [0.2, 0.25) is 0 Å².